The van der Waals surface area contributed by atoms with Crippen molar-refractivity contribution in [2.45, 2.75) is 44.0 Å². The summed E-state index contributed by atoms with van der Waals surface area (Å²) in [6.07, 6.45) is 4.83. The number of amides is 1. The summed E-state index contributed by atoms with van der Waals surface area (Å²) >= 11 is 0. The largest absolute Gasteiger partial charge is 0.311 e. The Bertz CT molecular complexity index is 1100. The molecule has 30 heavy (non-hydrogen) atoms. The highest BCUT2D eigenvalue weighted by atomic mass is 32.2. The number of para-hydroxylation sites is 1. The third kappa shape index (κ3) is 3.94. The number of carbonyl (C=O) groups is 1. The van der Waals surface area contributed by atoms with E-state index in [0.29, 0.717) is 25.6 Å². The highest BCUT2D eigenvalue weighted by Gasteiger charge is 2.31. The molecule has 0 bridgehead atoms. The number of fused-ring (bicyclic) bond motifs is 1. The summed E-state index contributed by atoms with van der Waals surface area (Å²) in [5, 5.41) is 0. The minimum atomic E-state index is -3.87. The van der Waals surface area contributed by atoms with Crippen molar-refractivity contribution in [3.63, 3.8) is 0 Å². The number of aromatic nitrogens is 1. The van der Waals surface area contributed by atoms with E-state index in [4.69, 9.17) is 0 Å². The number of hydrogen-bond donors (Lipinski definition) is 0. The van der Waals surface area contributed by atoms with Crippen molar-refractivity contribution in [2.75, 3.05) is 24.5 Å². The van der Waals surface area contributed by atoms with Gasteiger partial charge in [0.1, 0.15) is 11.4 Å². The second-order valence-electron chi connectivity index (χ2n) is 8.17. The Kier molecular flexibility index (Phi) is 5.79. The van der Waals surface area contributed by atoms with Crippen molar-refractivity contribution >= 4 is 21.6 Å². The molecule has 1 saturated heterocycles. The molecule has 1 fully saturated rings. The van der Waals surface area contributed by atoms with Gasteiger partial charge in [-0.15, -0.1) is 0 Å². The first-order chi connectivity index (χ1) is 14.4. The van der Waals surface area contributed by atoms with Gasteiger partial charge in [0, 0.05) is 31.5 Å². The number of benzene rings is 1. The second kappa shape index (κ2) is 8.35. The molecular weight excluding hydrogens is 402 g/mol. The Morgan fingerprint density at radius 2 is 1.80 bits per heavy atom. The molecule has 1 aromatic carbocycles. The van der Waals surface area contributed by atoms with Gasteiger partial charge in [-0.3, -0.25) is 9.59 Å². The molecule has 4 rings (SSSR count). The predicted molar refractivity (Wildman–Crippen MR) is 115 cm³/mol. The Morgan fingerprint density at radius 3 is 2.57 bits per heavy atom. The van der Waals surface area contributed by atoms with Crippen LogP contribution in [-0.2, 0) is 27.8 Å². The number of hydrogen-bond acceptors (Lipinski definition) is 4. The van der Waals surface area contributed by atoms with E-state index < -0.39 is 15.6 Å². The lowest BCUT2D eigenvalue weighted by molar-refractivity contribution is -0.119. The lowest BCUT2D eigenvalue weighted by Crippen LogP contribution is -2.42. The highest BCUT2D eigenvalue weighted by Crippen LogP contribution is 2.27. The fourth-order valence-electron chi connectivity index (χ4n) is 4.22. The molecule has 0 spiro atoms. The molecule has 0 radical (unpaired) electrons. The average molecular weight is 430 g/mol. The molecule has 2 aliphatic rings. The normalized spacial score (nSPS) is 18.2. The molecule has 1 amide bonds. The predicted octanol–water partition coefficient (Wildman–Crippen LogP) is 2.25. The standard InChI is InChI=1S/C22H27N3O4S/c1-17-10-14-24(15-11-17)30(28,29)20-9-5-12-23(22(20)27)16-21(26)25-13-4-7-18-6-2-3-8-19(18)25/h2-3,5-6,8-9,12,17H,4,7,10-11,13-16H2,1H3. The van der Waals surface area contributed by atoms with Crippen LogP contribution in [0.4, 0.5) is 5.69 Å². The number of sulfonamides is 1. The van der Waals surface area contributed by atoms with Crippen LogP contribution >= 0.6 is 0 Å². The van der Waals surface area contributed by atoms with Crippen molar-refractivity contribution in [3.05, 3.63) is 58.5 Å². The molecule has 0 saturated carbocycles. The smallest absolute Gasteiger partial charge is 0.271 e. The van der Waals surface area contributed by atoms with Crippen molar-refractivity contribution in [3.8, 4) is 0 Å². The summed E-state index contributed by atoms with van der Waals surface area (Å²) in [4.78, 5) is 27.4. The average Bonchev–Trinajstić information content (AvgIpc) is 2.75. The van der Waals surface area contributed by atoms with E-state index in [0.717, 1.165) is 36.9 Å². The van der Waals surface area contributed by atoms with Gasteiger partial charge in [-0.2, -0.15) is 4.31 Å². The molecule has 0 atom stereocenters. The fraction of sp³-hybridized carbons (Fsp3) is 0.455. The van der Waals surface area contributed by atoms with Crippen molar-refractivity contribution in [1.29, 1.82) is 0 Å². The van der Waals surface area contributed by atoms with Gasteiger partial charge in [0.15, 0.2) is 0 Å². The summed E-state index contributed by atoms with van der Waals surface area (Å²) in [5.74, 6) is 0.263. The summed E-state index contributed by atoms with van der Waals surface area (Å²) in [7, 11) is -3.87. The minimum Gasteiger partial charge on any atom is -0.311 e. The minimum absolute atomic E-state index is 0.187. The van der Waals surface area contributed by atoms with E-state index >= 15 is 0 Å². The molecule has 3 heterocycles. The molecule has 0 N–H and O–H groups in total. The maximum Gasteiger partial charge on any atom is 0.271 e. The van der Waals surface area contributed by atoms with Crippen LogP contribution in [0.25, 0.3) is 0 Å². The zero-order chi connectivity index (χ0) is 21.3. The van der Waals surface area contributed by atoms with Gasteiger partial charge in [-0.1, -0.05) is 25.1 Å². The van der Waals surface area contributed by atoms with Gasteiger partial charge in [-0.05, 0) is 55.4 Å². The third-order valence-electron chi connectivity index (χ3n) is 6.06. The maximum atomic E-state index is 13.0. The van der Waals surface area contributed by atoms with Crippen molar-refractivity contribution in [2.24, 2.45) is 5.92 Å². The molecule has 2 aliphatic heterocycles. The van der Waals surface area contributed by atoms with Crippen LogP contribution in [-0.4, -0.2) is 42.8 Å². The fourth-order valence-corrected chi connectivity index (χ4v) is 5.78. The van der Waals surface area contributed by atoms with Crippen LogP contribution in [0.3, 0.4) is 0 Å². The summed E-state index contributed by atoms with van der Waals surface area (Å²) in [5.41, 5.74) is 1.34. The number of carbonyl (C=O) groups excluding carboxylic acids is 1. The Labute approximate surface area is 177 Å². The van der Waals surface area contributed by atoms with Gasteiger partial charge >= 0.3 is 0 Å². The van der Waals surface area contributed by atoms with E-state index in [1.807, 2.05) is 24.3 Å². The SMILES string of the molecule is CC1CCN(S(=O)(=O)c2cccn(CC(=O)N3CCCc4ccccc43)c2=O)CC1. The number of anilines is 1. The van der Waals surface area contributed by atoms with Gasteiger partial charge in [0.05, 0.1) is 0 Å². The van der Waals surface area contributed by atoms with E-state index in [9.17, 15) is 18.0 Å². The zero-order valence-electron chi connectivity index (χ0n) is 17.2. The number of nitrogens with zero attached hydrogens (tertiary/aromatic N) is 3. The summed E-state index contributed by atoms with van der Waals surface area (Å²) < 4.78 is 28.7. The maximum absolute atomic E-state index is 13.0. The summed E-state index contributed by atoms with van der Waals surface area (Å²) in [6, 6.07) is 10.6. The summed E-state index contributed by atoms with van der Waals surface area (Å²) in [6.45, 7) is 3.34. The zero-order valence-corrected chi connectivity index (χ0v) is 18.0. The van der Waals surface area contributed by atoms with Gasteiger partial charge in [0.25, 0.3) is 5.56 Å². The number of aryl methyl sites for hydroxylation is 1. The van der Waals surface area contributed by atoms with E-state index in [1.54, 1.807) is 4.90 Å². The van der Waals surface area contributed by atoms with Crippen LogP contribution in [0.15, 0.2) is 52.3 Å². The molecule has 1 aromatic heterocycles. The van der Waals surface area contributed by atoms with Crippen LogP contribution in [0.1, 0.15) is 31.7 Å². The Morgan fingerprint density at radius 1 is 1.07 bits per heavy atom. The first-order valence-corrected chi connectivity index (χ1v) is 11.9. The van der Waals surface area contributed by atoms with E-state index in [1.165, 1.54) is 27.2 Å². The highest BCUT2D eigenvalue weighted by molar-refractivity contribution is 7.89. The first kappa shape index (κ1) is 20.8. The lowest BCUT2D eigenvalue weighted by atomic mass is 10.0. The number of rotatable bonds is 4. The van der Waals surface area contributed by atoms with E-state index in [2.05, 4.69) is 6.92 Å². The van der Waals surface area contributed by atoms with E-state index in [-0.39, 0.29) is 17.3 Å². The number of pyridine rings is 1. The van der Waals surface area contributed by atoms with Gasteiger partial charge in [0.2, 0.25) is 15.9 Å². The molecule has 8 heteroatoms. The third-order valence-corrected chi connectivity index (χ3v) is 7.97. The van der Waals surface area contributed by atoms with Crippen LogP contribution in [0.2, 0.25) is 0 Å². The molecular formula is C22H27N3O4S. The Hall–Kier alpha value is -2.45. The second-order valence-corrected chi connectivity index (χ2v) is 10.1. The van der Waals surface area contributed by atoms with Gasteiger partial charge < -0.3 is 9.47 Å². The molecule has 2 aromatic rings. The van der Waals surface area contributed by atoms with Crippen molar-refractivity contribution in [1.82, 2.24) is 8.87 Å². The first-order valence-electron chi connectivity index (χ1n) is 10.5. The Balaban J connectivity index is 1.58. The van der Waals surface area contributed by atoms with Crippen LogP contribution in [0, 0.1) is 5.92 Å². The van der Waals surface area contributed by atoms with Crippen LogP contribution in [0.5, 0.6) is 0 Å². The van der Waals surface area contributed by atoms with Gasteiger partial charge in [-0.25, -0.2) is 8.42 Å². The topological polar surface area (TPSA) is 79.7 Å². The lowest BCUT2D eigenvalue weighted by Gasteiger charge is -2.30. The molecule has 0 aliphatic carbocycles. The molecule has 7 nitrogen and oxygen atoms in total. The van der Waals surface area contributed by atoms with Crippen molar-refractivity contribution < 1.29 is 13.2 Å². The number of piperidine rings is 1. The molecule has 0 unspecified atom stereocenters. The quantitative estimate of drug-likeness (QED) is 0.747. The molecule has 160 valence electrons. The monoisotopic (exact) mass is 429 g/mol. The van der Waals surface area contributed by atoms with Crippen LogP contribution < -0.4 is 10.5 Å².